The first kappa shape index (κ1) is 9.86. The van der Waals surface area contributed by atoms with Gasteiger partial charge in [0.2, 0.25) is 0 Å². The Morgan fingerprint density at radius 1 is 1.46 bits per heavy atom. The van der Waals surface area contributed by atoms with Gasteiger partial charge in [0.1, 0.15) is 6.29 Å². The lowest BCUT2D eigenvalue weighted by molar-refractivity contribution is -0.108. The average molecular weight is 178 g/mol. The smallest absolute Gasteiger partial charge is 0.133 e. The van der Waals surface area contributed by atoms with Crippen molar-refractivity contribution in [3.8, 4) is 0 Å². The monoisotopic (exact) mass is 178 g/mol. The predicted molar refractivity (Wildman–Crippen MR) is 51.3 cm³/mol. The molecule has 0 bridgehead atoms. The van der Waals surface area contributed by atoms with E-state index in [0.29, 0.717) is 6.54 Å². The molecule has 1 rings (SSSR count). The van der Waals surface area contributed by atoms with Gasteiger partial charge >= 0.3 is 0 Å². The van der Waals surface area contributed by atoms with E-state index in [1.165, 1.54) is 5.56 Å². The van der Waals surface area contributed by atoms with Gasteiger partial charge in [-0.25, -0.2) is 0 Å². The Morgan fingerprint density at radius 2 is 2.15 bits per heavy atom. The van der Waals surface area contributed by atoms with E-state index in [1.807, 2.05) is 19.1 Å². The van der Waals surface area contributed by atoms with Crippen LogP contribution in [0.25, 0.3) is 0 Å². The molecule has 1 heterocycles. The summed E-state index contributed by atoms with van der Waals surface area (Å²) in [6, 6.07) is 3.93. The Hall–Kier alpha value is -1.22. The van der Waals surface area contributed by atoms with Crippen LogP contribution in [-0.4, -0.2) is 29.3 Å². The minimum atomic E-state index is 0.499. The first-order valence-corrected chi connectivity index (χ1v) is 4.41. The maximum Gasteiger partial charge on any atom is 0.133 e. The first-order chi connectivity index (χ1) is 6.36. The zero-order chi connectivity index (χ0) is 9.52. The summed E-state index contributed by atoms with van der Waals surface area (Å²) < 4.78 is 0. The molecule has 13 heavy (non-hydrogen) atoms. The number of pyridine rings is 1. The van der Waals surface area contributed by atoms with Crippen LogP contribution in [0.2, 0.25) is 0 Å². The van der Waals surface area contributed by atoms with Gasteiger partial charge in [0.25, 0.3) is 0 Å². The maximum atomic E-state index is 10.3. The van der Waals surface area contributed by atoms with Crippen molar-refractivity contribution < 1.29 is 4.79 Å². The van der Waals surface area contributed by atoms with Gasteiger partial charge in [0.05, 0.1) is 6.54 Å². The van der Waals surface area contributed by atoms with Gasteiger partial charge in [-0.3, -0.25) is 9.88 Å². The molecule has 0 N–H and O–H groups in total. The molecule has 0 aliphatic heterocycles. The fraction of sp³-hybridized carbons (Fsp3) is 0.400. The lowest BCUT2D eigenvalue weighted by Gasteiger charge is -2.16. The number of hydrogen-bond donors (Lipinski definition) is 0. The van der Waals surface area contributed by atoms with Crippen LogP contribution in [0.4, 0.5) is 0 Å². The Kier molecular flexibility index (Phi) is 4.12. The van der Waals surface area contributed by atoms with Gasteiger partial charge in [-0.05, 0) is 24.2 Å². The number of likely N-dealkylation sites (N-methyl/N-ethyl adjacent to an activating group) is 1. The minimum absolute atomic E-state index is 0.499. The predicted octanol–water partition coefficient (Wildman–Crippen LogP) is 1.10. The van der Waals surface area contributed by atoms with Gasteiger partial charge < -0.3 is 4.79 Å². The highest BCUT2D eigenvalue weighted by molar-refractivity contribution is 5.51. The van der Waals surface area contributed by atoms with Gasteiger partial charge in [-0.15, -0.1) is 0 Å². The van der Waals surface area contributed by atoms with Crippen LogP contribution in [0.15, 0.2) is 24.5 Å². The molecule has 1 aromatic heterocycles. The van der Waals surface area contributed by atoms with Crippen molar-refractivity contribution in [3.63, 3.8) is 0 Å². The molecule has 0 atom stereocenters. The molecule has 0 saturated carbocycles. The van der Waals surface area contributed by atoms with E-state index < -0.39 is 0 Å². The van der Waals surface area contributed by atoms with Crippen LogP contribution in [0.5, 0.6) is 0 Å². The van der Waals surface area contributed by atoms with Crippen LogP contribution >= 0.6 is 0 Å². The lowest BCUT2D eigenvalue weighted by atomic mass is 10.2. The fourth-order valence-electron chi connectivity index (χ4n) is 1.16. The van der Waals surface area contributed by atoms with Gasteiger partial charge in [0, 0.05) is 18.9 Å². The first-order valence-electron chi connectivity index (χ1n) is 4.41. The summed E-state index contributed by atoms with van der Waals surface area (Å²) in [5.74, 6) is 0. The number of carbonyl (C=O) groups is 1. The standard InChI is InChI=1S/C10H14N2O/c1-2-12(7-8-13)9-10-3-5-11-6-4-10/h3-6,8H,2,7,9H2,1H3. The molecule has 70 valence electrons. The molecule has 0 aromatic carbocycles. The van der Waals surface area contributed by atoms with E-state index in [2.05, 4.69) is 9.88 Å². The van der Waals surface area contributed by atoms with Crippen LogP contribution in [0.3, 0.4) is 0 Å². The summed E-state index contributed by atoms with van der Waals surface area (Å²) >= 11 is 0. The van der Waals surface area contributed by atoms with E-state index in [9.17, 15) is 4.79 Å². The van der Waals surface area contributed by atoms with E-state index in [4.69, 9.17) is 0 Å². The Bertz CT molecular complexity index is 248. The summed E-state index contributed by atoms with van der Waals surface area (Å²) in [5.41, 5.74) is 1.19. The Balaban J connectivity index is 2.51. The topological polar surface area (TPSA) is 33.2 Å². The number of aromatic nitrogens is 1. The molecule has 0 unspecified atom stereocenters. The van der Waals surface area contributed by atoms with Gasteiger partial charge in [0.15, 0.2) is 0 Å². The van der Waals surface area contributed by atoms with E-state index >= 15 is 0 Å². The average Bonchev–Trinajstić information content (AvgIpc) is 2.19. The molecule has 1 aromatic rings. The molecule has 3 heteroatoms. The van der Waals surface area contributed by atoms with Crippen LogP contribution in [-0.2, 0) is 11.3 Å². The van der Waals surface area contributed by atoms with Gasteiger partial charge in [-0.2, -0.15) is 0 Å². The normalized spacial score (nSPS) is 10.3. The van der Waals surface area contributed by atoms with Crippen molar-refractivity contribution in [3.05, 3.63) is 30.1 Å². The molecule has 3 nitrogen and oxygen atoms in total. The summed E-state index contributed by atoms with van der Waals surface area (Å²) in [4.78, 5) is 16.3. The second kappa shape index (κ2) is 5.43. The molecule has 0 aliphatic rings. The van der Waals surface area contributed by atoms with Crippen molar-refractivity contribution in [1.29, 1.82) is 0 Å². The van der Waals surface area contributed by atoms with Gasteiger partial charge in [-0.1, -0.05) is 6.92 Å². The molecule has 0 radical (unpaired) electrons. The molecule has 0 amide bonds. The second-order valence-electron chi connectivity index (χ2n) is 2.85. The number of rotatable bonds is 5. The lowest BCUT2D eigenvalue weighted by Crippen LogP contribution is -2.24. The SMILES string of the molecule is CCN(CC=O)Cc1ccncc1. The van der Waals surface area contributed by atoms with Crippen LogP contribution in [0.1, 0.15) is 12.5 Å². The second-order valence-corrected chi connectivity index (χ2v) is 2.85. The zero-order valence-corrected chi connectivity index (χ0v) is 7.81. The molecular formula is C10H14N2O. The third kappa shape index (κ3) is 3.34. The molecular weight excluding hydrogens is 164 g/mol. The number of hydrogen-bond acceptors (Lipinski definition) is 3. The quantitative estimate of drug-likeness (QED) is 0.633. The summed E-state index contributed by atoms with van der Waals surface area (Å²) in [6.07, 6.45) is 4.47. The van der Waals surface area contributed by atoms with E-state index in [-0.39, 0.29) is 0 Å². The van der Waals surface area contributed by atoms with Crippen molar-refractivity contribution in [2.45, 2.75) is 13.5 Å². The summed E-state index contributed by atoms with van der Waals surface area (Å²) in [7, 11) is 0. The Labute approximate surface area is 78.4 Å². The fourth-order valence-corrected chi connectivity index (χ4v) is 1.16. The number of nitrogens with zero attached hydrogens (tertiary/aromatic N) is 2. The summed E-state index contributed by atoms with van der Waals surface area (Å²) in [5, 5.41) is 0. The molecule has 0 aliphatic carbocycles. The molecule has 0 saturated heterocycles. The molecule has 0 fully saturated rings. The zero-order valence-electron chi connectivity index (χ0n) is 7.81. The van der Waals surface area contributed by atoms with Crippen molar-refractivity contribution >= 4 is 6.29 Å². The third-order valence-corrected chi connectivity index (χ3v) is 1.94. The highest BCUT2D eigenvalue weighted by atomic mass is 16.1. The maximum absolute atomic E-state index is 10.3. The largest absolute Gasteiger partial charge is 0.302 e. The van der Waals surface area contributed by atoms with Crippen LogP contribution < -0.4 is 0 Å². The highest BCUT2D eigenvalue weighted by Crippen LogP contribution is 2.01. The minimum Gasteiger partial charge on any atom is -0.302 e. The van der Waals surface area contributed by atoms with E-state index in [1.54, 1.807) is 12.4 Å². The Morgan fingerprint density at radius 3 is 2.69 bits per heavy atom. The highest BCUT2D eigenvalue weighted by Gasteiger charge is 2.01. The summed E-state index contributed by atoms with van der Waals surface area (Å²) in [6.45, 7) is 4.25. The van der Waals surface area contributed by atoms with Crippen molar-refractivity contribution in [2.24, 2.45) is 0 Å². The van der Waals surface area contributed by atoms with Crippen LogP contribution in [0, 0.1) is 0 Å². The molecule has 0 spiro atoms. The van der Waals surface area contributed by atoms with E-state index in [0.717, 1.165) is 19.4 Å². The number of aldehydes is 1. The third-order valence-electron chi connectivity index (χ3n) is 1.94. The van der Waals surface area contributed by atoms with Crippen molar-refractivity contribution in [2.75, 3.05) is 13.1 Å². The number of carbonyl (C=O) groups excluding carboxylic acids is 1. The van der Waals surface area contributed by atoms with Crippen molar-refractivity contribution in [1.82, 2.24) is 9.88 Å².